The number of nitrogens with one attached hydrogen (secondary N) is 1. The van der Waals surface area contributed by atoms with Crippen LogP contribution >= 0.6 is 10.7 Å². The molecule has 8 heteroatoms. The molecule has 1 N–H and O–H groups in total. The summed E-state index contributed by atoms with van der Waals surface area (Å²) in [6, 6.07) is 0. The van der Waals surface area contributed by atoms with Gasteiger partial charge in [0.05, 0.1) is 5.69 Å². The fourth-order valence-electron chi connectivity index (χ4n) is 2.65. The minimum atomic E-state index is -3.98. The predicted molar refractivity (Wildman–Crippen MR) is 73.3 cm³/mol. The smallest absolute Gasteiger partial charge is 0.275 e. The maximum Gasteiger partial charge on any atom is 0.275 e. The van der Waals surface area contributed by atoms with Crippen molar-refractivity contribution in [3.05, 3.63) is 11.4 Å². The van der Waals surface area contributed by atoms with E-state index in [9.17, 15) is 13.2 Å². The molecule has 2 fully saturated rings. The minimum Gasteiger partial charge on any atom is -0.337 e. The quantitative estimate of drug-likeness (QED) is 0.860. The van der Waals surface area contributed by atoms with Gasteiger partial charge in [-0.25, -0.2) is 8.42 Å². The van der Waals surface area contributed by atoms with Crippen LogP contribution in [0, 0.1) is 5.92 Å². The highest BCUT2D eigenvalue weighted by atomic mass is 35.7. The molecule has 1 aliphatic heterocycles. The number of rotatable bonds is 3. The summed E-state index contributed by atoms with van der Waals surface area (Å²) in [5.74, 6) is 0.207. The summed E-state index contributed by atoms with van der Waals surface area (Å²) in [6.07, 6.45) is 2.72. The van der Waals surface area contributed by atoms with Crippen molar-refractivity contribution >= 4 is 25.6 Å². The summed E-state index contributed by atoms with van der Waals surface area (Å²) in [5.41, 5.74) is 0.423. The first-order valence-corrected chi connectivity index (χ1v) is 9.01. The van der Waals surface area contributed by atoms with Crippen LogP contribution in [0.3, 0.4) is 0 Å². The highest BCUT2D eigenvalue weighted by Crippen LogP contribution is 2.43. The molecule has 2 heterocycles. The van der Waals surface area contributed by atoms with Gasteiger partial charge in [0.2, 0.25) is 0 Å². The Kier molecular flexibility index (Phi) is 3.29. The highest BCUT2D eigenvalue weighted by molar-refractivity contribution is 8.13. The molecule has 1 amide bonds. The van der Waals surface area contributed by atoms with Crippen LogP contribution in [0.4, 0.5) is 0 Å². The second-order valence-corrected chi connectivity index (χ2v) is 8.17. The van der Waals surface area contributed by atoms with E-state index in [1.54, 1.807) is 4.90 Å². The predicted octanol–water partition coefficient (Wildman–Crippen LogP) is 1.70. The van der Waals surface area contributed by atoms with Gasteiger partial charge in [0.15, 0.2) is 5.69 Å². The molecular weight excluding hydrogens is 302 g/mol. The Hall–Kier alpha value is -1.08. The van der Waals surface area contributed by atoms with Crippen LogP contribution in [0.5, 0.6) is 0 Å². The largest absolute Gasteiger partial charge is 0.337 e. The highest BCUT2D eigenvalue weighted by Gasteiger charge is 2.38. The van der Waals surface area contributed by atoms with E-state index >= 15 is 0 Å². The van der Waals surface area contributed by atoms with E-state index in [0.717, 1.165) is 19.3 Å². The summed E-state index contributed by atoms with van der Waals surface area (Å²) < 4.78 is 23.6. The molecule has 110 valence electrons. The number of carbonyl (C=O) groups is 1. The second kappa shape index (κ2) is 4.73. The van der Waals surface area contributed by atoms with Gasteiger partial charge >= 0.3 is 0 Å². The second-order valence-electron chi connectivity index (χ2n) is 5.67. The Balaban J connectivity index is 1.99. The Morgan fingerprint density at radius 1 is 1.40 bits per heavy atom. The Labute approximate surface area is 121 Å². The molecule has 2 aliphatic rings. The summed E-state index contributed by atoms with van der Waals surface area (Å²) >= 11 is 0. The average Bonchev–Trinajstić information content (AvgIpc) is 2.95. The van der Waals surface area contributed by atoms with Gasteiger partial charge in [0, 0.05) is 29.7 Å². The Morgan fingerprint density at radius 3 is 2.60 bits per heavy atom. The minimum absolute atomic E-state index is 0.0593. The number of aromatic nitrogens is 2. The molecule has 0 radical (unpaired) electrons. The zero-order chi connectivity index (χ0) is 14.5. The van der Waals surface area contributed by atoms with Crippen LogP contribution in [0.15, 0.2) is 4.90 Å². The van der Waals surface area contributed by atoms with Crippen LogP contribution in [-0.4, -0.2) is 42.5 Å². The number of aromatic amines is 1. The number of nitrogens with zero attached hydrogens (tertiary/aromatic N) is 2. The van der Waals surface area contributed by atoms with Crippen LogP contribution in [-0.2, 0) is 9.05 Å². The number of likely N-dealkylation sites (tertiary alicyclic amines) is 1. The first-order valence-electron chi connectivity index (χ1n) is 6.70. The average molecular weight is 318 g/mol. The number of carbonyl (C=O) groups excluding carboxylic acids is 1. The van der Waals surface area contributed by atoms with Crippen molar-refractivity contribution in [1.82, 2.24) is 15.1 Å². The van der Waals surface area contributed by atoms with Crippen molar-refractivity contribution in [3.63, 3.8) is 0 Å². The third-order valence-corrected chi connectivity index (χ3v) is 5.25. The molecule has 1 saturated heterocycles. The van der Waals surface area contributed by atoms with Gasteiger partial charge in [0.25, 0.3) is 15.0 Å². The molecule has 0 spiro atoms. The lowest BCUT2D eigenvalue weighted by atomic mass is 10.2. The first-order chi connectivity index (χ1) is 9.38. The SMILES string of the molecule is CC1CCN(C(=O)c2n[nH]c(C3CC3)c2S(=O)(=O)Cl)C1. The molecule has 3 rings (SSSR count). The van der Waals surface area contributed by atoms with E-state index in [0.29, 0.717) is 24.7 Å². The molecule has 1 aromatic rings. The fourth-order valence-corrected chi connectivity index (χ4v) is 3.96. The van der Waals surface area contributed by atoms with E-state index in [4.69, 9.17) is 10.7 Å². The van der Waals surface area contributed by atoms with Gasteiger partial charge in [-0.05, 0) is 25.2 Å². The monoisotopic (exact) mass is 317 g/mol. The Morgan fingerprint density at radius 2 is 2.10 bits per heavy atom. The normalized spacial score (nSPS) is 23.3. The molecule has 0 bridgehead atoms. The summed E-state index contributed by atoms with van der Waals surface area (Å²) in [5, 5.41) is 6.63. The van der Waals surface area contributed by atoms with E-state index in [1.807, 2.05) is 0 Å². The number of H-pyrrole nitrogens is 1. The topological polar surface area (TPSA) is 83.1 Å². The number of amides is 1. The van der Waals surface area contributed by atoms with E-state index in [-0.39, 0.29) is 22.4 Å². The summed E-state index contributed by atoms with van der Waals surface area (Å²) in [7, 11) is 1.52. The van der Waals surface area contributed by atoms with Crippen LogP contribution in [0.1, 0.15) is 48.3 Å². The molecule has 0 aromatic carbocycles. The molecule has 1 aliphatic carbocycles. The number of halogens is 1. The van der Waals surface area contributed by atoms with Gasteiger partial charge in [0.1, 0.15) is 4.90 Å². The van der Waals surface area contributed by atoms with Crippen molar-refractivity contribution in [2.45, 2.75) is 37.0 Å². The van der Waals surface area contributed by atoms with Gasteiger partial charge < -0.3 is 4.90 Å². The summed E-state index contributed by atoms with van der Waals surface area (Å²) in [6.45, 7) is 3.33. The van der Waals surface area contributed by atoms with Gasteiger partial charge in [-0.2, -0.15) is 5.10 Å². The third-order valence-electron chi connectivity index (χ3n) is 3.89. The molecule has 1 unspecified atom stereocenters. The molecule has 1 atom stereocenters. The van der Waals surface area contributed by atoms with Crippen molar-refractivity contribution < 1.29 is 13.2 Å². The maximum atomic E-state index is 12.4. The zero-order valence-corrected chi connectivity index (χ0v) is 12.7. The van der Waals surface area contributed by atoms with E-state index in [1.165, 1.54) is 0 Å². The van der Waals surface area contributed by atoms with E-state index in [2.05, 4.69) is 17.1 Å². The fraction of sp³-hybridized carbons (Fsp3) is 0.667. The van der Waals surface area contributed by atoms with Crippen LogP contribution < -0.4 is 0 Å². The van der Waals surface area contributed by atoms with Gasteiger partial charge in [-0.1, -0.05) is 6.92 Å². The van der Waals surface area contributed by atoms with Crippen molar-refractivity contribution in [3.8, 4) is 0 Å². The van der Waals surface area contributed by atoms with Crippen molar-refractivity contribution in [2.24, 2.45) is 5.92 Å². The molecule has 1 aromatic heterocycles. The zero-order valence-electron chi connectivity index (χ0n) is 11.1. The number of hydrogen-bond donors (Lipinski definition) is 1. The lowest BCUT2D eigenvalue weighted by molar-refractivity contribution is 0.0778. The lowest BCUT2D eigenvalue weighted by Gasteiger charge is -2.14. The molecule has 20 heavy (non-hydrogen) atoms. The third kappa shape index (κ3) is 2.44. The van der Waals surface area contributed by atoms with Crippen molar-refractivity contribution in [1.29, 1.82) is 0 Å². The first kappa shape index (κ1) is 13.9. The number of hydrogen-bond acceptors (Lipinski definition) is 4. The molecule has 1 saturated carbocycles. The Bertz CT molecular complexity index is 651. The van der Waals surface area contributed by atoms with E-state index < -0.39 is 9.05 Å². The van der Waals surface area contributed by atoms with Gasteiger partial charge in [-0.15, -0.1) is 0 Å². The molecule has 6 nitrogen and oxygen atoms in total. The van der Waals surface area contributed by atoms with Crippen LogP contribution in [0.2, 0.25) is 0 Å². The van der Waals surface area contributed by atoms with Gasteiger partial charge in [-0.3, -0.25) is 9.89 Å². The summed E-state index contributed by atoms with van der Waals surface area (Å²) in [4.78, 5) is 14.0. The molecular formula is C12H16ClN3O3S. The standard InChI is InChI=1S/C12H16ClN3O3S/c1-7-4-5-16(6-7)12(17)10-11(20(13,18)19)9(14-15-10)8-2-3-8/h7-8H,2-6H2,1H3,(H,14,15). The van der Waals surface area contributed by atoms with Crippen LogP contribution in [0.25, 0.3) is 0 Å². The lowest BCUT2D eigenvalue weighted by Crippen LogP contribution is -2.29. The maximum absolute atomic E-state index is 12.4. The van der Waals surface area contributed by atoms with Crippen molar-refractivity contribution in [2.75, 3.05) is 13.1 Å².